The van der Waals surface area contributed by atoms with Gasteiger partial charge >= 0.3 is 43.8 Å². The van der Waals surface area contributed by atoms with Crippen LogP contribution < -0.4 is 5.32 Å². The van der Waals surface area contributed by atoms with Crippen LogP contribution in [-0.4, -0.2) is 56.3 Å². The Hall–Kier alpha value is -0.110. The van der Waals surface area contributed by atoms with Gasteiger partial charge in [-0.3, -0.25) is 5.32 Å². The molecular weight excluding hydrogens is 289 g/mol. The fourth-order valence-corrected chi connectivity index (χ4v) is 1.20. The number of rotatable bonds is 2. The molecule has 0 atom stereocenters. The van der Waals surface area contributed by atoms with Gasteiger partial charge in [-0.05, 0) is 18.2 Å². The summed E-state index contributed by atoms with van der Waals surface area (Å²) >= 11 is 11.1. The molecule has 1 aromatic carbocycles. The van der Waals surface area contributed by atoms with E-state index in [2.05, 4.69) is 17.2 Å². The zero-order chi connectivity index (χ0) is 11.8. The van der Waals surface area contributed by atoms with Crippen LogP contribution in [0.1, 0.15) is 0 Å². The molecule has 17 heavy (non-hydrogen) atoms. The summed E-state index contributed by atoms with van der Waals surface area (Å²) < 4.78 is 4.76. The van der Waals surface area contributed by atoms with Crippen LogP contribution in [0.4, 0.5) is 10.5 Å². The standard InChI is InChI=1S/C11H9Cl2NO2.Ca.2H/c12-6-1-2-7-16-11(15)14-10-5-3-4-9(13)8-10;;;/h3-5,8H,6-7H2,(H,14,15);;;. The molecule has 0 aromatic heterocycles. The second kappa shape index (κ2) is 9.87. The van der Waals surface area contributed by atoms with Gasteiger partial charge in [0.25, 0.3) is 0 Å². The van der Waals surface area contributed by atoms with Crippen LogP contribution in [-0.2, 0) is 4.74 Å². The van der Waals surface area contributed by atoms with Gasteiger partial charge in [0.05, 0.1) is 5.88 Å². The molecule has 0 saturated carbocycles. The summed E-state index contributed by atoms with van der Waals surface area (Å²) in [5.74, 6) is 5.36. The fraction of sp³-hybridized carbons (Fsp3) is 0.182. The first-order valence-electron chi connectivity index (χ1n) is 4.43. The van der Waals surface area contributed by atoms with Gasteiger partial charge in [0, 0.05) is 10.7 Å². The van der Waals surface area contributed by atoms with Gasteiger partial charge in [-0.2, -0.15) is 0 Å². The summed E-state index contributed by atoms with van der Waals surface area (Å²) in [6.07, 6.45) is -0.578. The predicted molar refractivity (Wildman–Crippen MR) is 73.5 cm³/mol. The van der Waals surface area contributed by atoms with Crippen molar-refractivity contribution in [3.05, 3.63) is 29.3 Å². The molecular formula is C11H11CaCl2NO2. The minimum atomic E-state index is -0.578. The van der Waals surface area contributed by atoms with E-state index in [4.69, 9.17) is 27.9 Å². The van der Waals surface area contributed by atoms with Gasteiger partial charge in [0.1, 0.15) is 0 Å². The number of benzene rings is 1. The molecule has 0 heterocycles. The number of ether oxygens (including phenoxy) is 1. The van der Waals surface area contributed by atoms with Gasteiger partial charge in [-0.1, -0.05) is 29.5 Å². The van der Waals surface area contributed by atoms with Gasteiger partial charge in [0.2, 0.25) is 0 Å². The molecule has 0 aliphatic carbocycles. The number of carbonyl (C=O) groups excluding carboxylic acids is 1. The SMILES string of the molecule is O=C(Nc1cccc(Cl)c1)OCC#CCCl.[CaH2]. The van der Waals surface area contributed by atoms with E-state index in [0.29, 0.717) is 10.7 Å². The maximum atomic E-state index is 11.2. The van der Waals surface area contributed by atoms with Gasteiger partial charge in [0.15, 0.2) is 6.61 Å². The summed E-state index contributed by atoms with van der Waals surface area (Å²) in [6.45, 7) is 0.0130. The molecule has 0 spiro atoms. The van der Waals surface area contributed by atoms with Crippen LogP contribution in [0.15, 0.2) is 24.3 Å². The summed E-state index contributed by atoms with van der Waals surface area (Å²) in [7, 11) is 0. The average molecular weight is 300 g/mol. The zero-order valence-electron chi connectivity index (χ0n) is 8.30. The van der Waals surface area contributed by atoms with Crippen molar-refractivity contribution in [2.75, 3.05) is 17.8 Å². The molecule has 1 N–H and O–H groups in total. The van der Waals surface area contributed by atoms with Crippen molar-refractivity contribution in [1.82, 2.24) is 0 Å². The van der Waals surface area contributed by atoms with E-state index < -0.39 is 6.09 Å². The van der Waals surface area contributed by atoms with Crippen molar-refractivity contribution in [1.29, 1.82) is 0 Å². The van der Waals surface area contributed by atoms with E-state index in [9.17, 15) is 4.79 Å². The van der Waals surface area contributed by atoms with E-state index in [0.717, 1.165) is 0 Å². The van der Waals surface area contributed by atoms with E-state index >= 15 is 0 Å². The topological polar surface area (TPSA) is 38.3 Å². The average Bonchev–Trinajstić information content (AvgIpc) is 2.24. The molecule has 1 rings (SSSR count). The van der Waals surface area contributed by atoms with Crippen molar-refractivity contribution in [2.24, 2.45) is 0 Å². The second-order valence-electron chi connectivity index (χ2n) is 2.70. The number of alkyl halides is 1. The van der Waals surface area contributed by atoms with Crippen molar-refractivity contribution in [3.8, 4) is 11.8 Å². The van der Waals surface area contributed by atoms with Crippen molar-refractivity contribution in [2.45, 2.75) is 0 Å². The molecule has 0 unspecified atom stereocenters. The van der Waals surface area contributed by atoms with Crippen LogP contribution in [0.5, 0.6) is 0 Å². The van der Waals surface area contributed by atoms with Gasteiger partial charge in [-0.15, -0.1) is 11.6 Å². The molecule has 0 aliphatic rings. The third kappa shape index (κ3) is 7.75. The number of nitrogens with one attached hydrogen (secondary N) is 1. The van der Waals surface area contributed by atoms with Gasteiger partial charge < -0.3 is 4.74 Å². The number of anilines is 1. The normalized spacial score (nSPS) is 8.35. The number of halogens is 2. The van der Waals surface area contributed by atoms with Crippen LogP contribution in [0, 0.1) is 11.8 Å². The van der Waals surface area contributed by atoms with E-state index in [1.54, 1.807) is 24.3 Å². The Morgan fingerprint density at radius 3 is 2.82 bits per heavy atom. The summed E-state index contributed by atoms with van der Waals surface area (Å²) in [5, 5.41) is 3.05. The Balaban J connectivity index is 0.00000256. The van der Waals surface area contributed by atoms with Crippen molar-refractivity contribution in [3.63, 3.8) is 0 Å². The molecule has 0 fully saturated rings. The second-order valence-corrected chi connectivity index (χ2v) is 3.40. The minimum absolute atomic E-state index is 0. The molecule has 0 saturated heterocycles. The Bertz CT molecular complexity index is 429. The molecule has 88 valence electrons. The number of hydrogen-bond acceptors (Lipinski definition) is 2. The third-order valence-corrected chi connectivity index (χ3v) is 1.91. The monoisotopic (exact) mass is 299 g/mol. The quantitative estimate of drug-likeness (QED) is 0.517. The Labute approximate surface area is 140 Å². The van der Waals surface area contributed by atoms with Crippen molar-refractivity contribution >= 4 is 72.7 Å². The van der Waals surface area contributed by atoms with E-state index in [1.165, 1.54) is 0 Å². The van der Waals surface area contributed by atoms with Crippen molar-refractivity contribution < 1.29 is 9.53 Å². The van der Waals surface area contributed by atoms with Gasteiger partial charge in [-0.25, -0.2) is 4.79 Å². The molecule has 3 nitrogen and oxygen atoms in total. The summed E-state index contributed by atoms with van der Waals surface area (Å²) in [4.78, 5) is 11.2. The number of carbonyl (C=O) groups is 1. The fourth-order valence-electron chi connectivity index (χ4n) is 0.920. The number of amides is 1. The molecule has 6 heteroatoms. The van der Waals surface area contributed by atoms with Crippen LogP contribution in [0.2, 0.25) is 5.02 Å². The first-order chi connectivity index (χ1) is 7.72. The first-order valence-corrected chi connectivity index (χ1v) is 5.34. The Kier molecular flexibility index (Phi) is 9.81. The van der Waals surface area contributed by atoms with Crippen LogP contribution >= 0.6 is 23.2 Å². The van der Waals surface area contributed by atoms with E-state index in [1.807, 2.05) is 0 Å². The first kappa shape index (κ1) is 16.9. The Morgan fingerprint density at radius 2 is 2.18 bits per heavy atom. The molecule has 1 amide bonds. The number of hydrogen-bond donors (Lipinski definition) is 1. The van der Waals surface area contributed by atoms with E-state index in [-0.39, 0.29) is 50.2 Å². The third-order valence-electron chi connectivity index (χ3n) is 1.54. The predicted octanol–water partition coefficient (Wildman–Crippen LogP) is 2.21. The van der Waals surface area contributed by atoms with Crippen LogP contribution in [0.3, 0.4) is 0 Å². The molecule has 1 aromatic rings. The summed E-state index contributed by atoms with van der Waals surface area (Å²) in [5.41, 5.74) is 0.572. The zero-order valence-corrected chi connectivity index (χ0v) is 9.81. The summed E-state index contributed by atoms with van der Waals surface area (Å²) in [6, 6.07) is 6.76. The van der Waals surface area contributed by atoms with Crippen LogP contribution in [0.25, 0.3) is 0 Å². The molecule has 0 radical (unpaired) electrons. The Morgan fingerprint density at radius 1 is 1.41 bits per heavy atom. The molecule has 0 aliphatic heterocycles. The molecule has 0 bridgehead atoms. The maximum absolute atomic E-state index is 11.2.